The smallest absolute Gasteiger partial charge is 0.195 e. The number of hydrogen-bond donors (Lipinski definition) is 0. The number of aromatic nitrogens is 2. The molecule has 1 aromatic heterocycles. The van der Waals surface area contributed by atoms with Gasteiger partial charge < -0.3 is 4.57 Å². The van der Waals surface area contributed by atoms with Crippen molar-refractivity contribution in [3.63, 3.8) is 0 Å². The molecular formula is C12H18N2OS. The number of nitrogens with zero attached hydrogens (tertiary/aromatic N) is 2. The maximum atomic E-state index is 12.0. The maximum absolute atomic E-state index is 12.0. The molecule has 16 heavy (non-hydrogen) atoms. The lowest BCUT2D eigenvalue weighted by Gasteiger charge is -2.23. The van der Waals surface area contributed by atoms with Gasteiger partial charge in [0.1, 0.15) is 0 Å². The van der Waals surface area contributed by atoms with Gasteiger partial charge in [0.2, 0.25) is 0 Å². The molecule has 88 valence electrons. The summed E-state index contributed by atoms with van der Waals surface area (Å²) in [6.07, 6.45) is 8.52. The normalized spacial score (nSPS) is 23.9. The van der Waals surface area contributed by atoms with Gasteiger partial charge in [-0.1, -0.05) is 25.6 Å². The predicted molar refractivity (Wildman–Crippen MR) is 66.2 cm³/mol. The van der Waals surface area contributed by atoms with Crippen LogP contribution in [0.25, 0.3) is 0 Å². The van der Waals surface area contributed by atoms with Gasteiger partial charge in [-0.25, -0.2) is 4.98 Å². The zero-order valence-electron chi connectivity index (χ0n) is 9.85. The Balaban J connectivity index is 2.03. The summed E-state index contributed by atoms with van der Waals surface area (Å²) >= 11 is 1.53. The first-order valence-electron chi connectivity index (χ1n) is 5.87. The summed E-state index contributed by atoms with van der Waals surface area (Å²) in [7, 11) is 0. The molecule has 3 nitrogen and oxygen atoms in total. The number of carbonyl (C=O) groups excluding carboxylic acids is 1. The molecule has 0 aliphatic carbocycles. The molecule has 2 rings (SSSR count). The quantitative estimate of drug-likeness (QED) is 0.809. The fourth-order valence-corrected chi connectivity index (χ4v) is 3.97. The van der Waals surface area contributed by atoms with Crippen molar-refractivity contribution in [2.24, 2.45) is 5.41 Å². The van der Waals surface area contributed by atoms with Gasteiger partial charge in [0.05, 0.1) is 6.33 Å². The van der Waals surface area contributed by atoms with E-state index in [9.17, 15) is 4.79 Å². The number of thioether (sulfide) groups is 1. The third-order valence-electron chi connectivity index (χ3n) is 3.65. The zero-order valence-corrected chi connectivity index (χ0v) is 10.7. The number of carbonyl (C=O) groups is 1. The molecule has 0 aromatic carbocycles. The summed E-state index contributed by atoms with van der Waals surface area (Å²) in [6.45, 7) is 5.15. The third kappa shape index (κ3) is 2.03. The van der Waals surface area contributed by atoms with Crippen molar-refractivity contribution >= 4 is 16.9 Å². The molecule has 4 heteroatoms. The Morgan fingerprint density at radius 3 is 2.81 bits per heavy atom. The first-order valence-corrected chi connectivity index (χ1v) is 6.75. The number of rotatable bonds is 4. The Kier molecular flexibility index (Phi) is 3.38. The minimum atomic E-state index is -0.0596. The standard InChI is InChI=1S/C12H18N2OS/c1-3-12(4-2)7-10(16-11(12)15)8-14-6-5-13-9-14/h5-6,9-10H,3-4,7-8H2,1-2H3. The average Bonchev–Trinajstić information content (AvgIpc) is 2.87. The summed E-state index contributed by atoms with van der Waals surface area (Å²) in [4.78, 5) is 16.1. The van der Waals surface area contributed by atoms with Crippen molar-refractivity contribution in [3.8, 4) is 0 Å². The number of hydrogen-bond acceptors (Lipinski definition) is 3. The van der Waals surface area contributed by atoms with E-state index >= 15 is 0 Å². The Morgan fingerprint density at radius 2 is 2.31 bits per heavy atom. The maximum Gasteiger partial charge on any atom is 0.195 e. The van der Waals surface area contributed by atoms with Crippen molar-refractivity contribution in [1.82, 2.24) is 9.55 Å². The van der Waals surface area contributed by atoms with Crippen LogP contribution < -0.4 is 0 Å². The molecule has 0 N–H and O–H groups in total. The summed E-state index contributed by atoms with van der Waals surface area (Å²) in [5.41, 5.74) is -0.0596. The predicted octanol–water partition coefficient (Wildman–Crippen LogP) is 2.72. The summed E-state index contributed by atoms with van der Waals surface area (Å²) in [5, 5.41) is 0.809. The molecule has 0 spiro atoms. The molecule has 1 aliphatic heterocycles. The van der Waals surface area contributed by atoms with E-state index < -0.39 is 0 Å². The molecule has 1 atom stereocenters. The zero-order chi connectivity index (χ0) is 11.6. The molecule has 1 fully saturated rings. The third-order valence-corrected chi connectivity index (χ3v) is 4.95. The molecule has 1 aliphatic rings. The van der Waals surface area contributed by atoms with Crippen molar-refractivity contribution in [1.29, 1.82) is 0 Å². The molecule has 0 amide bonds. The minimum Gasteiger partial charge on any atom is -0.336 e. The second kappa shape index (κ2) is 4.62. The lowest BCUT2D eigenvalue weighted by Crippen LogP contribution is -2.23. The fraction of sp³-hybridized carbons (Fsp3) is 0.667. The molecule has 1 unspecified atom stereocenters. The minimum absolute atomic E-state index is 0.0596. The van der Waals surface area contributed by atoms with Crippen LogP contribution in [0.5, 0.6) is 0 Å². The second-order valence-electron chi connectivity index (χ2n) is 4.48. The van der Waals surface area contributed by atoms with E-state index in [1.54, 1.807) is 6.20 Å². The highest BCUT2D eigenvalue weighted by atomic mass is 32.2. The van der Waals surface area contributed by atoms with Crippen molar-refractivity contribution in [2.45, 2.75) is 44.9 Å². The van der Waals surface area contributed by atoms with Crippen LogP contribution in [0.2, 0.25) is 0 Å². The van der Waals surface area contributed by atoms with Crippen LogP contribution in [0, 0.1) is 5.41 Å². The molecule has 0 saturated carbocycles. The lowest BCUT2D eigenvalue weighted by molar-refractivity contribution is -0.119. The van der Waals surface area contributed by atoms with Crippen LogP contribution in [-0.2, 0) is 11.3 Å². The molecule has 0 bridgehead atoms. The highest BCUT2D eigenvalue weighted by molar-refractivity contribution is 8.14. The molecule has 1 aromatic rings. The largest absolute Gasteiger partial charge is 0.336 e. The van der Waals surface area contributed by atoms with Gasteiger partial charge in [0.15, 0.2) is 5.12 Å². The van der Waals surface area contributed by atoms with Gasteiger partial charge in [0, 0.05) is 29.6 Å². The van der Waals surface area contributed by atoms with Crippen LogP contribution >= 0.6 is 11.8 Å². The fourth-order valence-electron chi connectivity index (χ4n) is 2.40. The van der Waals surface area contributed by atoms with Gasteiger partial charge in [-0.2, -0.15) is 0 Å². The first-order chi connectivity index (χ1) is 7.70. The highest BCUT2D eigenvalue weighted by Crippen LogP contribution is 2.47. The monoisotopic (exact) mass is 238 g/mol. The summed E-state index contributed by atoms with van der Waals surface area (Å²) < 4.78 is 2.06. The summed E-state index contributed by atoms with van der Waals surface area (Å²) in [6, 6.07) is 0. The topological polar surface area (TPSA) is 34.9 Å². The van der Waals surface area contributed by atoms with Crippen LogP contribution in [0.3, 0.4) is 0 Å². The highest BCUT2D eigenvalue weighted by Gasteiger charge is 2.44. The van der Waals surface area contributed by atoms with Crippen LogP contribution in [0.1, 0.15) is 33.1 Å². The van der Waals surface area contributed by atoms with Crippen molar-refractivity contribution in [2.75, 3.05) is 0 Å². The summed E-state index contributed by atoms with van der Waals surface area (Å²) in [5.74, 6) is 0. The molecule has 1 saturated heterocycles. The number of imidazole rings is 1. The van der Waals surface area contributed by atoms with E-state index in [0.29, 0.717) is 10.4 Å². The first kappa shape index (κ1) is 11.7. The molecular weight excluding hydrogens is 220 g/mol. The van der Waals surface area contributed by atoms with Gasteiger partial charge in [-0.3, -0.25) is 4.79 Å². The SMILES string of the molecule is CCC1(CC)CC(Cn2ccnc2)SC1=O. The molecule has 2 heterocycles. The Labute approximate surface area is 101 Å². The Morgan fingerprint density at radius 1 is 1.56 bits per heavy atom. The van der Waals surface area contributed by atoms with Gasteiger partial charge in [-0.15, -0.1) is 0 Å². The van der Waals surface area contributed by atoms with Crippen LogP contribution in [-0.4, -0.2) is 19.9 Å². The van der Waals surface area contributed by atoms with E-state index in [0.717, 1.165) is 25.8 Å². The average molecular weight is 238 g/mol. The van der Waals surface area contributed by atoms with Crippen LogP contribution in [0.15, 0.2) is 18.7 Å². The van der Waals surface area contributed by atoms with E-state index in [1.165, 1.54) is 11.8 Å². The molecule has 0 radical (unpaired) electrons. The van der Waals surface area contributed by atoms with Gasteiger partial charge in [-0.05, 0) is 19.3 Å². The van der Waals surface area contributed by atoms with Gasteiger partial charge >= 0.3 is 0 Å². The Bertz CT molecular complexity index is 357. The lowest BCUT2D eigenvalue weighted by atomic mass is 9.80. The Hall–Kier alpha value is -0.770. The van der Waals surface area contributed by atoms with E-state index in [4.69, 9.17) is 0 Å². The van der Waals surface area contributed by atoms with Crippen molar-refractivity contribution in [3.05, 3.63) is 18.7 Å². The van der Waals surface area contributed by atoms with Gasteiger partial charge in [0.25, 0.3) is 0 Å². The second-order valence-corrected chi connectivity index (χ2v) is 5.75. The van der Waals surface area contributed by atoms with E-state index in [-0.39, 0.29) is 5.41 Å². The van der Waals surface area contributed by atoms with Crippen molar-refractivity contribution < 1.29 is 4.79 Å². The van der Waals surface area contributed by atoms with E-state index in [2.05, 4.69) is 23.4 Å². The van der Waals surface area contributed by atoms with E-state index in [1.807, 2.05) is 12.5 Å². The van der Waals surface area contributed by atoms with Crippen LogP contribution in [0.4, 0.5) is 0 Å².